The fourth-order valence-corrected chi connectivity index (χ4v) is 2.72. The van der Waals surface area contributed by atoms with Crippen LogP contribution < -0.4 is 0 Å². The molecule has 1 unspecified atom stereocenters. The second-order valence-corrected chi connectivity index (χ2v) is 11.1. The molecular formula is C12H25NO3SSi. The molecule has 0 rings (SSSR count). The number of rotatable bonds is 3. The van der Waals surface area contributed by atoms with Crippen LogP contribution in [0.3, 0.4) is 0 Å². The first-order chi connectivity index (χ1) is 7.83. The van der Waals surface area contributed by atoms with Crippen LogP contribution in [0.5, 0.6) is 0 Å². The van der Waals surface area contributed by atoms with Gasteiger partial charge in [-0.1, -0.05) is 0 Å². The van der Waals surface area contributed by atoms with Gasteiger partial charge in [0, 0.05) is 7.05 Å². The molecule has 0 aliphatic heterocycles. The second kappa shape index (κ2) is 6.01. The summed E-state index contributed by atoms with van der Waals surface area (Å²) in [6, 6.07) is -0.276. The van der Waals surface area contributed by atoms with Crippen LogP contribution in [0.4, 0.5) is 4.79 Å². The number of likely N-dealkylation sites (N-methyl/N-ethyl adjacent to an activating group) is 1. The largest absolute Gasteiger partial charge is 0.538 e. The summed E-state index contributed by atoms with van der Waals surface area (Å²) in [7, 11) is -0.0652. The minimum atomic E-state index is -1.73. The molecule has 0 aromatic heterocycles. The van der Waals surface area contributed by atoms with Crippen LogP contribution in [0.1, 0.15) is 27.7 Å². The van der Waals surface area contributed by atoms with E-state index in [1.807, 2.05) is 27.7 Å². The molecule has 106 valence electrons. The summed E-state index contributed by atoms with van der Waals surface area (Å²) in [5, 5.41) is 0.447. The number of hydrogen-bond acceptors (Lipinski definition) is 4. The Labute approximate surface area is 117 Å². The Morgan fingerprint density at radius 1 is 1.28 bits per heavy atom. The van der Waals surface area contributed by atoms with Gasteiger partial charge in [-0.15, -0.1) is 0 Å². The number of hydrogen-bond donors (Lipinski definition) is 0. The quantitative estimate of drug-likeness (QED) is 0.590. The fourth-order valence-electron chi connectivity index (χ4n) is 1.04. The van der Waals surface area contributed by atoms with Crippen LogP contribution in [0.25, 0.3) is 0 Å². The van der Waals surface area contributed by atoms with Crippen LogP contribution in [-0.4, -0.2) is 43.1 Å². The van der Waals surface area contributed by atoms with Crippen molar-refractivity contribution in [3.05, 3.63) is 0 Å². The van der Waals surface area contributed by atoms with Crippen molar-refractivity contribution in [1.82, 2.24) is 4.90 Å². The summed E-state index contributed by atoms with van der Waals surface area (Å²) in [5.74, 6) is 0. The molecule has 0 spiro atoms. The number of nitrogens with zero attached hydrogens (tertiary/aromatic N) is 1. The van der Waals surface area contributed by atoms with Gasteiger partial charge >= 0.3 is 6.09 Å². The van der Waals surface area contributed by atoms with Gasteiger partial charge in [-0.25, -0.2) is 4.79 Å². The molecular weight excluding hydrogens is 266 g/mol. The van der Waals surface area contributed by atoms with Gasteiger partial charge in [0.05, 0.1) is 6.04 Å². The van der Waals surface area contributed by atoms with Crippen molar-refractivity contribution < 1.29 is 14.0 Å². The zero-order valence-corrected chi connectivity index (χ0v) is 14.5. The monoisotopic (exact) mass is 291 g/mol. The van der Waals surface area contributed by atoms with Gasteiger partial charge in [0.1, 0.15) is 5.60 Å². The molecule has 6 heteroatoms. The minimum absolute atomic E-state index is 0.276. The molecule has 18 heavy (non-hydrogen) atoms. The maximum absolute atomic E-state index is 11.9. The van der Waals surface area contributed by atoms with Crippen molar-refractivity contribution in [3.8, 4) is 0 Å². The van der Waals surface area contributed by atoms with Crippen LogP contribution in [0, 0.1) is 0 Å². The highest BCUT2D eigenvalue weighted by molar-refractivity contribution is 7.80. The summed E-state index contributed by atoms with van der Waals surface area (Å²) < 4.78 is 11.0. The zero-order chi connectivity index (χ0) is 14.7. The van der Waals surface area contributed by atoms with E-state index >= 15 is 0 Å². The van der Waals surface area contributed by atoms with Gasteiger partial charge in [-0.05, 0) is 59.6 Å². The van der Waals surface area contributed by atoms with E-state index in [1.165, 1.54) is 4.90 Å². The molecule has 0 saturated heterocycles. The first-order valence-corrected chi connectivity index (χ1v) is 9.84. The summed E-state index contributed by atoms with van der Waals surface area (Å²) in [5.41, 5.74) is -0.508. The number of carbonyl (C=O) groups is 1. The van der Waals surface area contributed by atoms with E-state index in [0.717, 1.165) is 0 Å². The topological polar surface area (TPSA) is 38.8 Å². The third kappa shape index (κ3) is 6.96. The van der Waals surface area contributed by atoms with Crippen LogP contribution >= 0.6 is 12.2 Å². The standard InChI is InChI=1S/C12H25NO3SSi/c1-9(10(17)16-18(6,7)8)13(5)11(14)15-12(2,3)4/h9H,1-8H3. The predicted molar refractivity (Wildman–Crippen MR) is 80.5 cm³/mol. The Balaban J connectivity index is 4.55. The van der Waals surface area contributed by atoms with E-state index in [9.17, 15) is 4.79 Å². The first-order valence-electron chi connectivity index (χ1n) is 6.02. The molecule has 0 heterocycles. The van der Waals surface area contributed by atoms with Crippen molar-refractivity contribution in [2.45, 2.75) is 59.0 Å². The van der Waals surface area contributed by atoms with Crippen molar-refractivity contribution in [2.75, 3.05) is 7.05 Å². The second-order valence-electron chi connectivity index (χ2n) is 6.30. The lowest BCUT2D eigenvalue weighted by atomic mass is 10.2. The summed E-state index contributed by atoms with van der Waals surface area (Å²) in [4.78, 5) is 13.3. The van der Waals surface area contributed by atoms with Gasteiger partial charge in [0.25, 0.3) is 0 Å². The average Bonchev–Trinajstić information content (AvgIpc) is 2.09. The lowest BCUT2D eigenvalue weighted by Crippen LogP contribution is -2.45. The molecule has 0 saturated carbocycles. The van der Waals surface area contributed by atoms with E-state index in [1.54, 1.807) is 7.05 Å². The van der Waals surface area contributed by atoms with Crippen molar-refractivity contribution in [3.63, 3.8) is 0 Å². The van der Waals surface area contributed by atoms with Crippen molar-refractivity contribution >= 4 is 31.7 Å². The van der Waals surface area contributed by atoms with Gasteiger partial charge in [0.15, 0.2) is 5.05 Å². The SMILES string of the molecule is CC(C(=S)O[Si](C)(C)C)N(C)C(=O)OC(C)(C)C. The summed E-state index contributed by atoms with van der Waals surface area (Å²) >= 11 is 5.22. The van der Waals surface area contributed by atoms with Crippen LogP contribution in [-0.2, 0) is 9.16 Å². The molecule has 0 fully saturated rings. The van der Waals surface area contributed by atoms with E-state index in [-0.39, 0.29) is 6.04 Å². The van der Waals surface area contributed by atoms with Crippen molar-refractivity contribution in [1.29, 1.82) is 0 Å². The Hall–Kier alpha value is -0.623. The molecule has 1 amide bonds. The molecule has 0 aromatic carbocycles. The van der Waals surface area contributed by atoms with Crippen LogP contribution in [0.2, 0.25) is 19.6 Å². The van der Waals surface area contributed by atoms with E-state index in [2.05, 4.69) is 19.6 Å². The van der Waals surface area contributed by atoms with Gasteiger partial charge in [0.2, 0.25) is 8.32 Å². The van der Waals surface area contributed by atoms with Gasteiger partial charge in [-0.2, -0.15) is 0 Å². The van der Waals surface area contributed by atoms with Gasteiger partial charge < -0.3 is 14.1 Å². The molecule has 1 atom stereocenters. The molecule has 0 aliphatic carbocycles. The fraction of sp³-hybridized carbons (Fsp3) is 0.833. The number of carbonyl (C=O) groups excluding carboxylic acids is 1. The molecule has 0 radical (unpaired) electrons. The Bertz CT molecular complexity index is 288. The summed E-state index contributed by atoms with van der Waals surface area (Å²) in [6.07, 6.45) is -0.392. The van der Waals surface area contributed by atoms with E-state index < -0.39 is 20.0 Å². The molecule has 0 aromatic rings. The Kier molecular flexibility index (Phi) is 5.80. The maximum atomic E-state index is 11.9. The number of ether oxygens (including phenoxy) is 1. The lowest BCUT2D eigenvalue weighted by Gasteiger charge is -2.31. The lowest BCUT2D eigenvalue weighted by molar-refractivity contribution is 0.0271. The van der Waals surface area contributed by atoms with E-state index in [0.29, 0.717) is 5.05 Å². The Morgan fingerprint density at radius 3 is 2.06 bits per heavy atom. The third-order valence-corrected chi connectivity index (χ3v) is 3.41. The highest BCUT2D eigenvalue weighted by atomic mass is 32.1. The molecule has 0 bridgehead atoms. The summed E-state index contributed by atoms with van der Waals surface area (Å²) in [6.45, 7) is 13.5. The highest BCUT2D eigenvalue weighted by Crippen LogP contribution is 2.13. The van der Waals surface area contributed by atoms with Crippen molar-refractivity contribution in [2.24, 2.45) is 0 Å². The van der Waals surface area contributed by atoms with Crippen LogP contribution in [0.15, 0.2) is 0 Å². The third-order valence-electron chi connectivity index (χ3n) is 2.01. The highest BCUT2D eigenvalue weighted by Gasteiger charge is 2.28. The smallest absolute Gasteiger partial charge is 0.410 e. The maximum Gasteiger partial charge on any atom is 0.410 e. The normalized spacial score (nSPS) is 13.8. The Morgan fingerprint density at radius 2 is 1.72 bits per heavy atom. The van der Waals surface area contributed by atoms with Gasteiger partial charge in [-0.3, -0.25) is 0 Å². The number of amides is 1. The zero-order valence-electron chi connectivity index (χ0n) is 12.7. The first kappa shape index (κ1) is 17.4. The predicted octanol–water partition coefficient (Wildman–Crippen LogP) is 3.42. The van der Waals surface area contributed by atoms with E-state index in [4.69, 9.17) is 21.4 Å². The average molecular weight is 291 g/mol. The molecule has 0 aliphatic rings. The molecule has 4 nitrogen and oxygen atoms in total. The number of thiocarbonyl (C=S) groups is 1. The molecule has 0 N–H and O–H groups in total. The minimum Gasteiger partial charge on any atom is -0.538 e.